The number of carbonyl (C=O) groups excluding carboxylic acids is 1. The second-order valence-corrected chi connectivity index (χ2v) is 2.62. The van der Waals surface area contributed by atoms with Crippen molar-refractivity contribution in [3.8, 4) is 0 Å². The molecule has 0 saturated heterocycles. The van der Waals surface area contributed by atoms with Crippen molar-refractivity contribution >= 4 is 11.9 Å². The number of nitrogens with zero attached hydrogens (tertiary/aromatic N) is 2. The van der Waals surface area contributed by atoms with Crippen LogP contribution in [0.5, 0.6) is 0 Å². The van der Waals surface area contributed by atoms with Gasteiger partial charge in [0.2, 0.25) is 5.95 Å². The van der Waals surface area contributed by atoms with Gasteiger partial charge in [-0.15, -0.1) is 0 Å². The van der Waals surface area contributed by atoms with Crippen molar-refractivity contribution in [2.75, 3.05) is 18.1 Å². The summed E-state index contributed by atoms with van der Waals surface area (Å²) in [5.74, 6) is 0.151. The lowest BCUT2D eigenvalue weighted by atomic mass is 10.4. The van der Waals surface area contributed by atoms with E-state index in [2.05, 4.69) is 9.97 Å². The third kappa shape index (κ3) is 2.29. The number of H-pyrrole nitrogens is 1. The van der Waals surface area contributed by atoms with Crippen LogP contribution in [0.2, 0.25) is 0 Å². The summed E-state index contributed by atoms with van der Waals surface area (Å²) in [5, 5.41) is 8.70. The molecule has 0 aliphatic heterocycles. The lowest BCUT2D eigenvalue weighted by molar-refractivity contribution is -0.121. The Bertz CT molecular complexity index is 258. The number of imidazole rings is 1. The van der Waals surface area contributed by atoms with E-state index < -0.39 is 6.61 Å². The Morgan fingerprint density at radius 2 is 2.54 bits per heavy atom. The van der Waals surface area contributed by atoms with Gasteiger partial charge in [0.05, 0.1) is 0 Å². The molecule has 5 nitrogen and oxygen atoms in total. The van der Waals surface area contributed by atoms with Crippen molar-refractivity contribution in [3.05, 3.63) is 12.4 Å². The van der Waals surface area contributed by atoms with Gasteiger partial charge in [0.25, 0.3) is 5.91 Å². The van der Waals surface area contributed by atoms with Crippen molar-refractivity contribution in [2.24, 2.45) is 0 Å². The Balaban J connectivity index is 2.74. The van der Waals surface area contributed by atoms with Crippen molar-refractivity contribution < 1.29 is 9.90 Å². The van der Waals surface area contributed by atoms with Gasteiger partial charge in [-0.05, 0) is 6.42 Å². The molecular formula is C8H13N3O2. The van der Waals surface area contributed by atoms with Crippen LogP contribution in [-0.2, 0) is 4.79 Å². The summed E-state index contributed by atoms with van der Waals surface area (Å²) in [6.07, 6.45) is 4.04. The zero-order valence-corrected chi connectivity index (χ0v) is 7.53. The first-order chi connectivity index (χ1) is 6.29. The lowest BCUT2D eigenvalue weighted by Gasteiger charge is -2.17. The standard InChI is InChI=1S/C8H13N3O2/c1-2-5-11(7(13)6-12)8-9-3-4-10-8/h3-4,12H,2,5-6H2,1H3,(H,9,10). The average Bonchev–Trinajstić information content (AvgIpc) is 2.65. The fourth-order valence-electron chi connectivity index (χ4n) is 1.06. The van der Waals surface area contributed by atoms with Crippen molar-refractivity contribution in [2.45, 2.75) is 13.3 Å². The molecule has 0 atom stereocenters. The topological polar surface area (TPSA) is 69.2 Å². The molecule has 0 aliphatic rings. The molecule has 1 aromatic heterocycles. The number of carbonyl (C=O) groups is 1. The van der Waals surface area contributed by atoms with E-state index in [4.69, 9.17) is 5.11 Å². The fourth-order valence-corrected chi connectivity index (χ4v) is 1.06. The Hall–Kier alpha value is -1.36. The maximum absolute atomic E-state index is 11.2. The minimum atomic E-state index is -0.485. The Labute approximate surface area is 76.4 Å². The van der Waals surface area contributed by atoms with Gasteiger partial charge in [-0.3, -0.25) is 9.69 Å². The van der Waals surface area contributed by atoms with Crippen molar-refractivity contribution in [1.29, 1.82) is 0 Å². The molecule has 13 heavy (non-hydrogen) atoms. The van der Waals surface area contributed by atoms with Crippen LogP contribution < -0.4 is 4.90 Å². The van der Waals surface area contributed by atoms with Gasteiger partial charge >= 0.3 is 0 Å². The number of aromatic amines is 1. The summed E-state index contributed by atoms with van der Waals surface area (Å²) in [7, 11) is 0. The van der Waals surface area contributed by atoms with Crippen LogP contribution >= 0.6 is 0 Å². The number of hydrogen-bond acceptors (Lipinski definition) is 3. The summed E-state index contributed by atoms with van der Waals surface area (Å²) in [6.45, 7) is 2.04. The Kier molecular flexibility index (Phi) is 3.45. The van der Waals surface area contributed by atoms with Crippen LogP contribution in [0.25, 0.3) is 0 Å². The zero-order chi connectivity index (χ0) is 9.68. The minimum Gasteiger partial charge on any atom is -0.387 e. The van der Waals surface area contributed by atoms with E-state index >= 15 is 0 Å². The molecule has 0 bridgehead atoms. The van der Waals surface area contributed by atoms with E-state index in [0.29, 0.717) is 12.5 Å². The predicted octanol–water partition coefficient (Wildman–Crippen LogP) is 0.145. The minimum absolute atomic E-state index is 0.336. The maximum Gasteiger partial charge on any atom is 0.254 e. The monoisotopic (exact) mass is 183 g/mol. The summed E-state index contributed by atoms with van der Waals surface area (Å²) in [6, 6.07) is 0. The van der Waals surface area contributed by atoms with Gasteiger partial charge in [0.1, 0.15) is 6.61 Å². The van der Waals surface area contributed by atoms with Gasteiger partial charge in [-0.1, -0.05) is 6.92 Å². The zero-order valence-electron chi connectivity index (χ0n) is 7.53. The molecule has 5 heteroatoms. The highest BCUT2D eigenvalue weighted by Crippen LogP contribution is 2.06. The molecule has 0 radical (unpaired) electrons. The van der Waals surface area contributed by atoms with Gasteiger partial charge in [0, 0.05) is 18.9 Å². The fraction of sp³-hybridized carbons (Fsp3) is 0.500. The molecule has 0 spiro atoms. The molecule has 2 N–H and O–H groups in total. The number of anilines is 1. The molecule has 0 aromatic carbocycles. The predicted molar refractivity (Wildman–Crippen MR) is 48.3 cm³/mol. The molecule has 1 heterocycles. The van der Waals surface area contributed by atoms with E-state index in [0.717, 1.165) is 6.42 Å². The van der Waals surface area contributed by atoms with Crippen molar-refractivity contribution in [3.63, 3.8) is 0 Å². The van der Waals surface area contributed by atoms with E-state index in [9.17, 15) is 4.79 Å². The molecule has 72 valence electrons. The first kappa shape index (κ1) is 9.73. The van der Waals surface area contributed by atoms with Gasteiger partial charge < -0.3 is 10.1 Å². The lowest BCUT2D eigenvalue weighted by Crippen LogP contribution is -2.34. The summed E-state index contributed by atoms with van der Waals surface area (Å²) in [5.41, 5.74) is 0. The second kappa shape index (κ2) is 4.61. The van der Waals surface area contributed by atoms with Crippen LogP contribution in [0.4, 0.5) is 5.95 Å². The first-order valence-electron chi connectivity index (χ1n) is 4.20. The first-order valence-corrected chi connectivity index (χ1v) is 4.20. The largest absolute Gasteiger partial charge is 0.387 e. The van der Waals surface area contributed by atoms with E-state index in [1.807, 2.05) is 6.92 Å². The van der Waals surface area contributed by atoms with Crippen LogP contribution in [0, 0.1) is 0 Å². The summed E-state index contributed by atoms with van der Waals surface area (Å²) in [4.78, 5) is 19.4. The number of aromatic nitrogens is 2. The van der Waals surface area contributed by atoms with Crippen LogP contribution in [-0.4, -0.2) is 34.1 Å². The van der Waals surface area contributed by atoms with E-state index in [1.165, 1.54) is 4.90 Å². The smallest absolute Gasteiger partial charge is 0.254 e. The molecular weight excluding hydrogens is 170 g/mol. The van der Waals surface area contributed by atoms with Gasteiger partial charge in [0.15, 0.2) is 0 Å². The molecule has 1 rings (SSSR count). The molecule has 0 aliphatic carbocycles. The number of nitrogens with one attached hydrogen (secondary N) is 1. The summed E-state index contributed by atoms with van der Waals surface area (Å²) >= 11 is 0. The van der Waals surface area contributed by atoms with E-state index in [-0.39, 0.29) is 5.91 Å². The number of aliphatic hydroxyl groups is 1. The van der Waals surface area contributed by atoms with Crippen molar-refractivity contribution in [1.82, 2.24) is 9.97 Å². The van der Waals surface area contributed by atoms with Gasteiger partial charge in [-0.25, -0.2) is 4.98 Å². The third-order valence-corrected chi connectivity index (χ3v) is 1.62. The second-order valence-electron chi connectivity index (χ2n) is 2.62. The van der Waals surface area contributed by atoms with Crippen LogP contribution in [0.3, 0.4) is 0 Å². The highest BCUT2D eigenvalue weighted by atomic mass is 16.3. The number of aliphatic hydroxyl groups excluding tert-OH is 1. The molecule has 0 saturated carbocycles. The molecule has 0 unspecified atom stereocenters. The highest BCUT2D eigenvalue weighted by Gasteiger charge is 2.14. The quantitative estimate of drug-likeness (QED) is 0.697. The number of hydrogen-bond donors (Lipinski definition) is 2. The maximum atomic E-state index is 11.2. The van der Waals surface area contributed by atoms with E-state index in [1.54, 1.807) is 12.4 Å². The average molecular weight is 183 g/mol. The van der Waals surface area contributed by atoms with Crippen LogP contribution in [0.15, 0.2) is 12.4 Å². The van der Waals surface area contributed by atoms with Crippen LogP contribution in [0.1, 0.15) is 13.3 Å². The molecule has 1 amide bonds. The molecule has 1 aromatic rings. The molecule has 0 fully saturated rings. The third-order valence-electron chi connectivity index (χ3n) is 1.62. The van der Waals surface area contributed by atoms with Gasteiger partial charge in [-0.2, -0.15) is 0 Å². The SMILES string of the molecule is CCCN(C(=O)CO)c1ncc[nH]1. The number of amides is 1. The summed E-state index contributed by atoms with van der Waals surface area (Å²) < 4.78 is 0. The normalized spacial score (nSPS) is 10.0. The Morgan fingerprint density at radius 3 is 3.00 bits per heavy atom. The highest BCUT2D eigenvalue weighted by molar-refractivity contribution is 5.92. The number of rotatable bonds is 4. The Morgan fingerprint density at radius 1 is 1.77 bits per heavy atom.